The van der Waals surface area contributed by atoms with Crippen LogP contribution in [0.5, 0.6) is 11.8 Å². The number of fused-ring (bicyclic) bond motifs is 1. The van der Waals surface area contributed by atoms with Gasteiger partial charge in [0.1, 0.15) is 11.9 Å². The molecule has 3 aromatic rings. The Labute approximate surface area is 177 Å². The Kier molecular flexibility index (Phi) is 6.03. The van der Waals surface area contributed by atoms with Gasteiger partial charge in [-0.3, -0.25) is 0 Å². The average Bonchev–Trinajstić information content (AvgIpc) is 3.19. The minimum absolute atomic E-state index is 0.00547. The predicted octanol–water partition coefficient (Wildman–Crippen LogP) is 3.56. The molecule has 0 amide bonds. The molecule has 2 aromatic heterocycles. The number of ether oxygens (including phenoxy) is 2. The molecule has 1 fully saturated rings. The van der Waals surface area contributed by atoms with E-state index in [0.717, 1.165) is 48.5 Å². The molecule has 0 radical (unpaired) electrons. The third-order valence-corrected chi connectivity index (χ3v) is 5.46. The van der Waals surface area contributed by atoms with Crippen LogP contribution >= 0.6 is 0 Å². The first-order valence-corrected chi connectivity index (χ1v) is 10.6. The van der Waals surface area contributed by atoms with Crippen LogP contribution in [0.2, 0.25) is 0 Å². The molecule has 8 heteroatoms. The molecule has 30 heavy (non-hydrogen) atoms. The fraction of sp³-hybridized carbons (Fsp3) is 0.500. The fourth-order valence-corrected chi connectivity index (χ4v) is 3.69. The number of aromatic nitrogens is 4. The van der Waals surface area contributed by atoms with Gasteiger partial charge in [-0.1, -0.05) is 26.0 Å². The number of piperidine rings is 1. The van der Waals surface area contributed by atoms with Crippen LogP contribution in [-0.4, -0.2) is 45.9 Å². The van der Waals surface area contributed by atoms with Gasteiger partial charge < -0.3 is 20.1 Å². The Bertz CT molecular complexity index is 996. The molecule has 8 nitrogen and oxygen atoms in total. The molecule has 160 valence electrons. The summed E-state index contributed by atoms with van der Waals surface area (Å²) in [5.74, 6) is 1.73. The number of methoxy groups -OCH3 is 1. The van der Waals surface area contributed by atoms with Gasteiger partial charge in [0.15, 0.2) is 5.65 Å². The van der Waals surface area contributed by atoms with Crippen LogP contribution in [0, 0.1) is 0 Å². The second-order valence-corrected chi connectivity index (χ2v) is 8.05. The van der Waals surface area contributed by atoms with E-state index >= 15 is 0 Å². The van der Waals surface area contributed by atoms with Crippen molar-refractivity contribution in [1.29, 1.82) is 0 Å². The topological polar surface area (TPSA) is 85.6 Å². The molecular weight excluding hydrogens is 380 g/mol. The molecule has 2 N–H and O–H groups in total. The van der Waals surface area contributed by atoms with E-state index in [2.05, 4.69) is 47.6 Å². The highest BCUT2D eigenvalue weighted by Crippen LogP contribution is 2.26. The monoisotopic (exact) mass is 410 g/mol. The summed E-state index contributed by atoms with van der Waals surface area (Å²) in [6.45, 7) is 8.20. The van der Waals surface area contributed by atoms with E-state index in [-0.39, 0.29) is 12.1 Å². The van der Waals surface area contributed by atoms with Gasteiger partial charge >= 0.3 is 6.01 Å². The smallest absolute Gasteiger partial charge is 0.322 e. The van der Waals surface area contributed by atoms with Gasteiger partial charge in [0, 0.05) is 12.1 Å². The Morgan fingerprint density at radius 3 is 2.83 bits per heavy atom. The second-order valence-electron chi connectivity index (χ2n) is 8.05. The van der Waals surface area contributed by atoms with Gasteiger partial charge in [-0.2, -0.15) is 19.6 Å². The lowest BCUT2D eigenvalue weighted by Gasteiger charge is -2.23. The van der Waals surface area contributed by atoms with Crippen molar-refractivity contribution in [2.24, 2.45) is 0 Å². The van der Waals surface area contributed by atoms with Crippen molar-refractivity contribution >= 4 is 11.6 Å². The lowest BCUT2D eigenvalue weighted by atomic mass is 10.1. The minimum Gasteiger partial charge on any atom is -0.497 e. The number of nitrogens with one attached hydrogen (secondary N) is 2. The van der Waals surface area contributed by atoms with Crippen molar-refractivity contribution in [3.8, 4) is 11.8 Å². The summed E-state index contributed by atoms with van der Waals surface area (Å²) in [7, 11) is 1.67. The fourth-order valence-electron chi connectivity index (χ4n) is 3.69. The second kappa shape index (κ2) is 8.87. The molecule has 2 atom stereocenters. The third kappa shape index (κ3) is 4.33. The van der Waals surface area contributed by atoms with Crippen molar-refractivity contribution in [1.82, 2.24) is 24.9 Å². The summed E-state index contributed by atoms with van der Waals surface area (Å²) in [5, 5.41) is 11.4. The SMILES string of the molecule is COc1cccc(C(C)Nc2nc(OC3CCCNC3)nc3c(C(C)C)cnn23)c1. The van der Waals surface area contributed by atoms with Crippen LogP contribution in [0.25, 0.3) is 5.65 Å². The Balaban J connectivity index is 1.67. The number of hydrogen-bond acceptors (Lipinski definition) is 7. The van der Waals surface area contributed by atoms with Gasteiger partial charge in [-0.25, -0.2) is 0 Å². The van der Waals surface area contributed by atoms with E-state index in [0.29, 0.717) is 17.9 Å². The van der Waals surface area contributed by atoms with Crippen LogP contribution in [-0.2, 0) is 0 Å². The van der Waals surface area contributed by atoms with Gasteiger partial charge in [-0.05, 0) is 49.9 Å². The zero-order valence-corrected chi connectivity index (χ0v) is 18.1. The quantitative estimate of drug-likeness (QED) is 0.616. The van der Waals surface area contributed by atoms with Crippen molar-refractivity contribution in [2.75, 3.05) is 25.5 Å². The highest BCUT2D eigenvalue weighted by atomic mass is 16.5. The number of nitrogens with zero attached hydrogens (tertiary/aromatic N) is 4. The summed E-state index contributed by atoms with van der Waals surface area (Å²) < 4.78 is 13.3. The number of anilines is 1. The summed E-state index contributed by atoms with van der Waals surface area (Å²) >= 11 is 0. The summed E-state index contributed by atoms with van der Waals surface area (Å²) in [5.41, 5.74) is 2.94. The zero-order chi connectivity index (χ0) is 21.1. The van der Waals surface area contributed by atoms with Crippen molar-refractivity contribution < 1.29 is 9.47 Å². The van der Waals surface area contributed by atoms with E-state index < -0.39 is 0 Å². The predicted molar refractivity (Wildman–Crippen MR) is 116 cm³/mol. The van der Waals surface area contributed by atoms with Crippen LogP contribution < -0.4 is 20.1 Å². The molecule has 0 bridgehead atoms. The molecule has 1 aromatic carbocycles. The van der Waals surface area contributed by atoms with Gasteiger partial charge in [0.05, 0.1) is 19.3 Å². The Hall–Kier alpha value is -2.87. The standard InChI is InChI=1S/C22H30N6O2/c1-14(2)19-13-24-28-20(19)26-22(30-18-9-6-10-23-12-18)27-21(28)25-15(3)16-7-5-8-17(11-16)29-4/h5,7-8,11,13-15,18,23H,6,9-10,12H2,1-4H3,(H,25,26,27). The van der Waals surface area contributed by atoms with Gasteiger partial charge in [0.2, 0.25) is 5.95 Å². The first-order valence-electron chi connectivity index (χ1n) is 10.6. The Morgan fingerprint density at radius 2 is 2.10 bits per heavy atom. The highest BCUT2D eigenvalue weighted by Gasteiger charge is 2.21. The molecule has 1 aliphatic heterocycles. The molecule has 1 saturated heterocycles. The average molecular weight is 411 g/mol. The van der Waals surface area contributed by atoms with Crippen LogP contribution in [0.1, 0.15) is 56.7 Å². The maximum absolute atomic E-state index is 6.15. The molecule has 3 heterocycles. The van der Waals surface area contributed by atoms with Crippen LogP contribution in [0.4, 0.5) is 5.95 Å². The largest absolute Gasteiger partial charge is 0.497 e. The molecule has 0 saturated carbocycles. The third-order valence-electron chi connectivity index (χ3n) is 5.46. The maximum Gasteiger partial charge on any atom is 0.322 e. The van der Waals surface area contributed by atoms with Crippen molar-refractivity contribution in [2.45, 2.75) is 51.7 Å². The highest BCUT2D eigenvalue weighted by molar-refractivity contribution is 5.53. The van der Waals surface area contributed by atoms with E-state index in [1.165, 1.54) is 0 Å². The molecule has 0 spiro atoms. The molecule has 0 aliphatic carbocycles. The van der Waals surface area contributed by atoms with Crippen molar-refractivity contribution in [3.05, 3.63) is 41.6 Å². The van der Waals surface area contributed by atoms with Crippen LogP contribution in [0.15, 0.2) is 30.5 Å². The normalized spacial score (nSPS) is 17.8. The first-order chi connectivity index (χ1) is 14.5. The van der Waals surface area contributed by atoms with Gasteiger partial charge in [0.25, 0.3) is 0 Å². The van der Waals surface area contributed by atoms with E-state index in [1.807, 2.05) is 24.4 Å². The van der Waals surface area contributed by atoms with Crippen LogP contribution in [0.3, 0.4) is 0 Å². The Morgan fingerprint density at radius 1 is 1.23 bits per heavy atom. The lowest BCUT2D eigenvalue weighted by molar-refractivity contribution is 0.153. The molecule has 2 unspecified atom stereocenters. The van der Waals surface area contributed by atoms with E-state index in [9.17, 15) is 0 Å². The molecule has 1 aliphatic rings. The molecule has 4 rings (SSSR count). The van der Waals surface area contributed by atoms with E-state index in [4.69, 9.17) is 14.5 Å². The summed E-state index contributed by atoms with van der Waals surface area (Å²) in [6, 6.07) is 8.38. The lowest BCUT2D eigenvalue weighted by Crippen LogP contribution is -2.37. The van der Waals surface area contributed by atoms with Crippen molar-refractivity contribution in [3.63, 3.8) is 0 Å². The summed E-state index contributed by atoms with van der Waals surface area (Å²) in [6.07, 6.45) is 4.03. The number of benzene rings is 1. The minimum atomic E-state index is -0.00547. The summed E-state index contributed by atoms with van der Waals surface area (Å²) in [4.78, 5) is 9.37. The number of hydrogen-bond donors (Lipinski definition) is 2. The molecular formula is C22H30N6O2. The van der Waals surface area contributed by atoms with E-state index in [1.54, 1.807) is 11.6 Å². The van der Waals surface area contributed by atoms with Gasteiger partial charge in [-0.15, -0.1) is 0 Å². The first kappa shape index (κ1) is 20.4. The number of rotatable bonds is 7. The maximum atomic E-state index is 6.15. The zero-order valence-electron chi connectivity index (χ0n) is 18.1.